The van der Waals surface area contributed by atoms with Gasteiger partial charge in [-0.25, -0.2) is 0 Å². The number of aryl methyl sites for hydroxylation is 1. The van der Waals surface area contributed by atoms with Crippen molar-refractivity contribution in [3.05, 3.63) is 52.6 Å². The molecule has 1 saturated carbocycles. The molecule has 0 spiro atoms. The number of hydrogen-bond donors (Lipinski definition) is 1. The number of rotatable bonds is 4. The predicted molar refractivity (Wildman–Crippen MR) is 117 cm³/mol. The Balaban J connectivity index is 1.54. The van der Waals surface area contributed by atoms with Crippen LogP contribution in [0, 0.1) is 12.8 Å². The molecule has 1 N–H and O–H groups in total. The summed E-state index contributed by atoms with van der Waals surface area (Å²) >= 11 is 6.69. The van der Waals surface area contributed by atoms with Crippen molar-refractivity contribution in [2.45, 2.75) is 38.6 Å². The van der Waals surface area contributed by atoms with Crippen molar-refractivity contribution in [2.75, 3.05) is 0 Å². The number of furan rings is 1. The van der Waals surface area contributed by atoms with E-state index in [1.807, 2.05) is 43.3 Å². The highest BCUT2D eigenvalue weighted by atomic mass is 32.2. The summed E-state index contributed by atoms with van der Waals surface area (Å²) in [5.41, 5.74) is 2.13. The number of hydrogen-bond acceptors (Lipinski definition) is 5. The van der Waals surface area contributed by atoms with Gasteiger partial charge in [0.1, 0.15) is 15.8 Å². The van der Waals surface area contributed by atoms with E-state index in [2.05, 4.69) is 0 Å². The summed E-state index contributed by atoms with van der Waals surface area (Å²) in [5, 5.41) is 9.33. The number of thiocarbonyl (C=S) groups is 1. The number of nitrogens with zero attached hydrogens (tertiary/aromatic N) is 1. The smallest absolute Gasteiger partial charge is 0.306 e. The van der Waals surface area contributed by atoms with Crippen molar-refractivity contribution < 1.29 is 19.1 Å². The van der Waals surface area contributed by atoms with Gasteiger partial charge in [-0.2, -0.15) is 0 Å². The predicted octanol–water partition coefficient (Wildman–Crippen LogP) is 5.10. The average molecular weight is 428 g/mol. The highest BCUT2D eigenvalue weighted by molar-refractivity contribution is 8.26. The lowest BCUT2D eigenvalue weighted by molar-refractivity contribution is -0.144. The molecule has 2 fully saturated rings. The second-order valence-corrected chi connectivity index (χ2v) is 9.10. The van der Waals surface area contributed by atoms with E-state index in [9.17, 15) is 14.7 Å². The van der Waals surface area contributed by atoms with Crippen LogP contribution in [-0.2, 0) is 9.59 Å². The molecule has 150 valence electrons. The molecular weight excluding hydrogens is 406 g/mol. The van der Waals surface area contributed by atoms with Crippen LogP contribution in [0.15, 0.2) is 45.7 Å². The maximum Gasteiger partial charge on any atom is 0.306 e. The number of carbonyl (C=O) groups is 2. The minimum Gasteiger partial charge on any atom is -0.481 e. The van der Waals surface area contributed by atoms with Crippen molar-refractivity contribution in [3.63, 3.8) is 0 Å². The third-order valence-corrected chi connectivity index (χ3v) is 6.83. The zero-order chi connectivity index (χ0) is 20.5. The van der Waals surface area contributed by atoms with E-state index in [0.717, 1.165) is 29.7 Å². The summed E-state index contributed by atoms with van der Waals surface area (Å²) < 4.78 is 6.43. The van der Waals surface area contributed by atoms with Crippen LogP contribution >= 0.6 is 24.0 Å². The van der Waals surface area contributed by atoms with Crippen LogP contribution in [-0.4, -0.2) is 32.2 Å². The van der Waals surface area contributed by atoms with Gasteiger partial charge in [0.2, 0.25) is 0 Å². The summed E-state index contributed by atoms with van der Waals surface area (Å²) in [5.74, 6) is -0.0266. The molecule has 2 aromatic rings. The van der Waals surface area contributed by atoms with Gasteiger partial charge in [0, 0.05) is 17.7 Å². The number of carboxylic acids is 1. The molecule has 1 aromatic carbocycles. The van der Waals surface area contributed by atoms with Gasteiger partial charge in [-0.05, 0) is 43.9 Å². The maximum atomic E-state index is 13.0. The fourth-order valence-corrected chi connectivity index (χ4v) is 5.35. The Bertz CT molecular complexity index is 1010. The van der Waals surface area contributed by atoms with Gasteiger partial charge >= 0.3 is 5.97 Å². The van der Waals surface area contributed by atoms with E-state index in [1.54, 1.807) is 11.0 Å². The Kier molecular flexibility index (Phi) is 5.61. The summed E-state index contributed by atoms with van der Waals surface area (Å²) in [7, 11) is 0. The Morgan fingerprint density at radius 3 is 2.83 bits per heavy atom. The molecule has 0 radical (unpaired) electrons. The molecule has 2 unspecified atom stereocenters. The summed E-state index contributed by atoms with van der Waals surface area (Å²) in [4.78, 5) is 26.5. The van der Waals surface area contributed by atoms with E-state index in [-0.39, 0.29) is 11.9 Å². The molecule has 29 heavy (non-hydrogen) atoms. The molecule has 1 aliphatic carbocycles. The van der Waals surface area contributed by atoms with Gasteiger partial charge in [-0.15, -0.1) is 0 Å². The zero-order valence-electron chi connectivity index (χ0n) is 16.0. The summed E-state index contributed by atoms with van der Waals surface area (Å²) in [6, 6.07) is 11.6. The van der Waals surface area contributed by atoms with Gasteiger partial charge in [0.15, 0.2) is 0 Å². The van der Waals surface area contributed by atoms with E-state index >= 15 is 0 Å². The fourth-order valence-electron chi connectivity index (χ4n) is 3.97. The van der Waals surface area contributed by atoms with Gasteiger partial charge in [0.05, 0.1) is 10.8 Å². The number of thioether (sulfide) groups is 1. The Hall–Kier alpha value is -2.38. The van der Waals surface area contributed by atoms with Crippen molar-refractivity contribution in [1.29, 1.82) is 0 Å². The Morgan fingerprint density at radius 1 is 1.28 bits per heavy atom. The molecule has 0 bridgehead atoms. The van der Waals surface area contributed by atoms with Gasteiger partial charge < -0.3 is 9.52 Å². The van der Waals surface area contributed by atoms with Crippen LogP contribution in [0.5, 0.6) is 0 Å². The molecular formula is C22H21NO4S2. The SMILES string of the molecule is Cc1ccccc1-c1ccc(C=C2SC(=S)N(C3CCCC(C(=O)O)C3)C2=O)o1. The van der Waals surface area contributed by atoms with Gasteiger partial charge in [-0.1, -0.05) is 54.7 Å². The normalized spacial score (nSPS) is 23.8. The monoisotopic (exact) mass is 427 g/mol. The van der Waals surface area contributed by atoms with E-state index in [4.69, 9.17) is 16.6 Å². The van der Waals surface area contributed by atoms with Crippen LogP contribution in [0.1, 0.15) is 37.0 Å². The average Bonchev–Trinajstić information content (AvgIpc) is 3.27. The molecule has 5 nitrogen and oxygen atoms in total. The number of carboxylic acid groups (broad SMARTS) is 1. The summed E-state index contributed by atoms with van der Waals surface area (Å²) in [6.45, 7) is 2.03. The second kappa shape index (κ2) is 8.16. The minimum absolute atomic E-state index is 0.151. The van der Waals surface area contributed by atoms with E-state index < -0.39 is 11.9 Å². The Morgan fingerprint density at radius 2 is 2.07 bits per heavy atom. The van der Waals surface area contributed by atoms with Gasteiger partial charge in [0.25, 0.3) is 5.91 Å². The quantitative estimate of drug-likeness (QED) is 0.541. The first-order valence-corrected chi connectivity index (χ1v) is 10.8. The molecule has 1 saturated heterocycles. The van der Waals surface area contributed by atoms with Crippen LogP contribution < -0.4 is 0 Å². The molecule has 2 atom stereocenters. The zero-order valence-corrected chi connectivity index (χ0v) is 17.6. The van der Waals surface area contributed by atoms with Crippen LogP contribution in [0.4, 0.5) is 0 Å². The maximum absolute atomic E-state index is 13.0. The first kappa shape index (κ1) is 19.9. The first-order chi connectivity index (χ1) is 13.9. The highest BCUT2D eigenvalue weighted by Gasteiger charge is 2.40. The molecule has 4 rings (SSSR count). The topological polar surface area (TPSA) is 70.8 Å². The number of aliphatic carboxylic acids is 1. The van der Waals surface area contributed by atoms with E-state index in [0.29, 0.717) is 27.8 Å². The number of benzene rings is 1. The van der Waals surface area contributed by atoms with Crippen molar-refractivity contribution in [2.24, 2.45) is 5.92 Å². The lowest BCUT2D eigenvalue weighted by Crippen LogP contribution is -2.42. The standard InChI is InChI=1S/C22H21NO4S2/c1-13-5-2-3-8-17(13)18-10-9-16(27-18)12-19-20(24)23(22(28)29-19)15-7-4-6-14(11-15)21(25)26/h2-3,5,8-10,12,14-15H,4,6-7,11H2,1H3,(H,25,26). The number of amides is 1. The van der Waals surface area contributed by atoms with Crippen LogP contribution in [0.25, 0.3) is 17.4 Å². The third-order valence-electron chi connectivity index (χ3n) is 5.50. The minimum atomic E-state index is -0.796. The lowest BCUT2D eigenvalue weighted by Gasteiger charge is -2.32. The van der Waals surface area contributed by atoms with Crippen LogP contribution in [0.2, 0.25) is 0 Å². The second-order valence-electron chi connectivity index (χ2n) is 7.42. The first-order valence-electron chi connectivity index (χ1n) is 9.59. The molecule has 1 aromatic heterocycles. The summed E-state index contributed by atoms with van der Waals surface area (Å²) in [6.07, 6.45) is 4.40. The molecule has 2 heterocycles. The Labute approximate surface area is 178 Å². The van der Waals surface area contributed by atoms with Crippen molar-refractivity contribution in [3.8, 4) is 11.3 Å². The molecule has 2 aliphatic rings. The molecule has 1 aliphatic heterocycles. The van der Waals surface area contributed by atoms with E-state index in [1.165, 1.54) is 11.8 Å². The van der Waals surface area contributed by atoms with Crippen molar-refractivity contribution in [1.82, 2.24) is 4.90 Å². The van der Waals surface area contributed by atoms with Crippen molar-refractivity contribution >= 4 is 46.3 Å². The van der Waals surface area contributed by atoms with Gasteiger partial charge in [-0.3, -0.25) is 14.5 Å². The lowest BCUT2D eigenvalue weighted by atomic mass is 9.85. The fraction of sp³-hybridized carbons (Fsp3) is 0.318. The largest absolute Gasteiger partial charge is 0.481 e. The third kappa shape index (κ3) is 4.02. The highest BCUT2D eigenvalue weighted by Crippen LogP contribution is 2.39. The molecule has 7 heteroatoms. The number of carbonyl (C=O) groups excluding carboxylic acids is 1. The van der Waals surface area contributed by atoms with Crippen LogP contribution in [0.3, 0.4) is 0 Å². The molecule has 1 amide bonds.